The lowest BCUT2D eigenvalue weighted by atomic mass is 9.98. The number of carbonyl (C=O) groups is 2. The first-order chi connectivity index (χ1) is 14.2. The molecule has 2 N–H and O–H groups in total. The molecule has 4 rings (SSSR count). The van der Waals surface area contributed by atoms with Gasteiger partial charge < -0.3 is 15.3 Å². The highest BCUT2D eigenvalue weighted by Crippen LogP contribution is 2.37. The van der Waals surface area contributed by atoms with E-state index in [1.807, 2.05) is 24.3 Å². The number of rotatable bonds is 4. The van der Waals surface area contributed by atoms with Gasteiger partial charge in [-0.25, -0.2) is 0 Å². The molecule has 0 aromatic heterocycles. The third kappa shape index (κ3) is 4.49. The lowest BCUT2D eigenvalue weighted by molar-refractivity contribution is -0.115. The van der Waals surface area contributed by atoms with Crippen molar-refractivity contribution in [2.45, 2.75) is 24.5 Å². The van der Waals surface area contributed by atoms with Crippen molar-refractivity contribution in [1.82, 2.24) is 4.90 Å². The predicted octanol–water partition coefficient (Wildman–Crippen LogP) is 3.50. The number of amides is 2. The fourth-order valence-electron chi connectivity index (χ4n) is 4.13. The number of fused-ring (bicyclic) bond motifs is 1. The van der Waals surface area contributed by atoms with Gasteiger partial charge in [-0.05, 0) is 60.3 Å². The minimum absolute atomic E-state index is 0.0448. The zero-order valence-electron chi connectivity index (χ0n) is 16.3. The maximum atomic E-state index is 12.9. The van der Waals surface area contributed by atoms with Crippen LogP contribution in [0.4, 0.5) is 5.69 Å². The Bertz CT molecular complexity index is 901. The number of anilines is 1. The summed E-state index contributed by atoms with van der Waals surface area (Å²) in [6.45, 7) is 1.41. The van der Waals surface area contributed by atoms with Gasteiger partial charge in [0.05, 0.1) is 0 Å². The van der Waals surface area contributed by atoms with Crippen molar-refractivity contribution >= 4 is 29.3 Å². The van der Waals surface area contributed by atoms with E-state index in [4.69, 9.17) is 0 Å². The molecule has 2 heterocycles. The minimum Gasteiger partial charge on any atom is -0.396 e. The highest BCUT2D eigenvalue weighted by atomic mass is 32.2. The Hall–Kier alpha value is -2.31. The molecule has 1 fully saturated rings. The molecule has 2 aromatic rings. The van der Waals surface area contributed by atoms with Crippen LogP contribution in [0.5, 0.6) is 0 Å². The van der Waals surface area contributed by atoms with E-state index in [-0.39, 0.29) is 29.6 Å². The number of aryl methyl sites for hydroxylation is 1. The normalized spacial score (nSPS) is 21.3. The molecule has 0 unspecified atom stereocenters. The number of hydrogen-bond acceptors (Lipinski definition) is 4. The van der Waals surface area contributed by atoms with Crippen LogP contribution in [0.3, 0.4) is 0 Å². The fourth-order valence-corrected chi connectivity index (χ4v) is 5.32. The summed E-state index contributed by atoms with van der Waals surface area (Å²) < 4.78 is 0. The second kappa shape index (κ2) is 9.01. The van der Waals surface area contributed by atoms with Crippen molar-refractivity contribution in [3.8, 4) is 0 Å². The third-order valence-electron chi connectivity index (χ3n) is 5.67. The average Bonchev–Trinajstić information content (AvgIpc) is 2.78. The number of thioether (sulfide) groups is 1. The minimum atomic E-state index is -0.230. The number of nitrogens with one attached hydrogen (secondary N) is 1. The predicted molar refractivity (Wildman–Crippen MR) is 116 cm³/mol. The topological polar surface area (TPSA) is 69.6 Å². The number of hydrogen-bond donors (Lipinski definition) is 2. The maximum Gasteiger partial charge on any atom is 0.253 e. The number of nitrogens with zero attached hydrogens (tertiary/aromatic N) is 1. The van der Waals surface area contributed by atoms with Gasteiger partial charge in [0, 0.05) is 30.9 Å². The molecule has 1 saturated heterocycles. The molecule has 2 amide bonds. The highest BCUT2D eigenvalue weighted by Gasteiger charge is 2.27. The van der Waals surface area contributed by atoms with Crippen LogP contribution < -0.4 is 5.32 Å². The number of likely N-dealkylation sites (tertiary alicyclic amines) is 1. The molecule has 0 spiro atoms. The third-order valence-corrected chi connectivity index (χ3v) is 6.91. The van der Waals surface area contributed by atoms with Crippen LogP contribution in [0.25, 0.3) is 0 Å². The largest absolute Gasteiger partial charge is 0.396 e. The molecule has 5 nitrogen and oxygen atoms in total. The van der Waals surface area contributed by atoms with Gasteiger partial charge >= 0.3 is 0 Å². The van der Waals surface area contributed by atoms with Crippen molar-refractivity contribution in [3.63, 3.8) is 0 Å². The molecule has 2 aliphatic heterocycles. The van der Waals surface area contributed by atoms with E-state index in [0.717, 1.165) is 30.6 Å². The Morgan fingerprint density at radius 3 is 2.90 bits per heavy atom. The molecule has 29 heavy (non-hydrogen) atoms. The zero-order chi connectivity index (χ0) is 20.2. The quantitative estimate of drug-likeness (QED) is 0.809. The maximum absolute atomic E-state index is 12.9. The van der Waals surface area contributed by atoms with Crippen LogP contribution in [0, 0.1) is 5.92 Å². The standard InChI is InChI=1S/C23H26N2O3S/c26-15-16-5-4-11-25(14-16)23(28)18-7-3-8-19(13-18)24-22(27)21-20-9-2-1-6-17(20)10-12-29-21/h1-3,6-9,13,16,21,26H,4-5,10-12,14-15H2,(H,24,27)/t16-,21-/m0/s1. The second-order valence-electron chi connectivity index (χ2n) is 7.71. The SMILES string of the molecule is O=C(Nc1cccc(C(=O)N2CCC[C@H](CO)C2)c1)[C@H]1SCCc2ccccc21. The first-order valence-electron chi connectivity index (χ1n) is 10.2. The summed E-state index contributed by atoms with van der Waals surface area (Å²) in [6.07, 6.45) is 2.85. The Labute approximate surface area is 175 Å². The summed E-state index contributed by atoms with van der Waals surface area (Å²) >= 11 is 1.66. The Morgan fingerprint density at radius 1 is 1.17 bits per heavy atom. The van der Waals surface area contributed by atoms with E-state index >= 15 is 0 Å². The van der Waals surface area contributed by atoms with E-state index < -0.39 is 0 Å². The summed E-state index contributed by atoms with van der Waals surface area (Å²) in [6, 6.07) is 15.3. The van der Waals surface area contributed by atoms with Crippen LogP contribution in [0.2, 0.25) is 0 Å². The molecule has 0 bridgehead atoms. The van der Waals surface area contributed by atoms with Crippen LogP contribution in [0.1, 0.15) is 39.6 Å². The molecule has 2 aromatic carbocycles. The molecular weight excluding hydrogens is 384 g/mol. The molecule has 0 saturated carbocycles. The molecule has 0 aliphatic carbocycles. The van der Waals surface area contributed by atoms with Crippen molar-refractivity contribution in [3.05, 3.63) is 65.2 Å². The number of carbonyl (C=O) groups excluding carboxylic acids is 2. The monoisotopic (exact) mass is 410 g/mol. The Balaban J connectivity index is 1.47. The molecule has 2 aliphatic rings. The van der Waals surface area contributed by atoms with E-state index in [9.17, 15) is 14.7 Å². The molecule has 2 atom stereocenters. The fraction of sp³-hybridized carbons (Fsp3) is 0.391. The molecular formula is C23H26N2O3S. The van der Waals surface area contributed by atoms with Crippen LogP contribution >= 0.6 is 11.8 Å². The van der Waals surface area contributed by atoms with Crippen molar-refractivity contribution in [2.24, 2.45) is 5.92 Å². The number of aliphatic hydroxyl groups is 1. The van der Waals surface area contributed by atoms with Crippen LogP contribution in [-0.2, 0) is 11.2 Å². The Morgan fingerprint density at radius 2 is 2.03 bits per heavy atom. The van der Waals surface area contributed by atoms with Gasteiger partial charge in [0.2, 0.25) is 5.91 Å². The first-order valence-corrected chi connectivity index (χ1v) is 11.2. The van der Waals surface area contributed by atoms with Crippen LogP contribution in [0.15, 0.2) is 48.5 Å². The lowest BCUT2D eigenvalue weighted by Gasteiger charge is -2.32. The Kier molecular flexibility index (Phi) is 6.21. The van der Waals surface area contributed by atoms with Gasteiger partial charge in [0.25, 0.3) is 5.91 Å². The van der Waals surface area contributed by atoms with Gasteiger partial charge in [-0.3, -0.25) is 9.59 Å². The van der Waals surface area contributed by atoms with Gasteiger partial charge in [-0.15, -0.1) is 11.8 Å². The van der Waals surface area contributed by atoms with Gasteiger partial charge in [-0.2, -0.15) is 0 Å². The number of piperidine rings is 1. The zero-order valence-corrected chi connectivity index (χ0v) is 17.2. The molecule has 152 valence electrons. The van der Waals surface area contributed by atoms with Gasteiger partial charge in [0.1, 0.15) is 5.25 Å². The van der Waals surface area contributed by atoms with Crippen molar-refractivity contribution < 1.29 is 14.7 Å². The molecule has 6 heteroatoms. The van der Waals surface area contributed by atoms with E-state index in [0.29, 0.717) is 24.3 Å². The second-order valence-corrected chi connectivity index (χ2v) is 8.92. The van der Waals surface area contributed by atoms with E-state index in [2.05, 4.69) is 11.4 Å². The van der Waals surface area contributed by atoms with Crippen molar-refractivity contribution in [2.75, 3.05) is 30.8 Å². The average molecular weight is 411 g/mol. The van der Waals surface area contributed by atoms with Crippen molar-refractivity contribution in [1.29, 1.82) is 0 Å². The summed E-state index contributed by atoms with van der Waals surface area (Å²) in [7, 11) is 0. The summed E-state index contributed by atoms with van der Waals surface area (Å²) in [4.78, 5) is 27.6. The summed E-state index contributed by atoms with van der Waals surface area (Å²) in [5.41, 5.74) is 3.52. The highest BCUT2D eigenvalue weighted by molar-refractivity contribution is 8.00. The van der Waals surface area contributed by atoms with E-state index in [1.54, 1.807) is 34.9 Å². The number of benzene rings is 2. The van der Waals surface area contributed by atoms with Crippen LogP contribution in [-0.4, -0.2) is 47.3 Å². The van der Waals surface area contributed by atoms with Gasteiger partial charge in [0.15, 0.2) is 0 Å². The number of aliphatic hydroxyl groups excluding tert-OH is 1. The van der Waals surface area contributed by atoms with Gasteiger partial charge in [-0.1, -0.05) is 30.3 Å². The summed E-state index contributed by atoms with van der Waals surface area (Å²) in [5, 5.41) is 12.2. The van der Waals surface area contributed by atoms with E-state index in [1.165, 1.54) is 5.56 Å². The smallest absolute Gasteiger partial charge is 0.253 e. The lowest BCUT2D eigenvalue weighted by Crippen LogP contribution is -2.40. The molecule has 0 radical (unpaired) electrons. The first kappa shape index (κ1) is 20.0. The summed E-state index contributed by atoms with van der Waals surface area (Å²) in [5.74, 6) is 0.981.